The Hall–Kier alpha value is -0.570. The molecule has 0 fully saturated rings. The van der Waals surface area contributed by atoms with Gasteiger partial charge in [0.25, 0.3) is 0 Å². The van der Waals surface area contributed by atoms with E-state index in [4.69, 9.17) is 5.73 Å². The molecular formula is C21H44N2O. The minimum Gasteiger partial charge on any atom is -0.356 e. The number of hydrogen-bond acceptors (Lipinski definition) is 2. The largest absolute Gasteiger partial charge is 0.356 e. The van der Waals surface area contributed by atoms with E-state index in [9.17, 15) is 4.79 Å². The second kappa shape index (κ2) is 20.5. The van der Waals surface area contributed by atoms with Gasteiger partial charge in [-0.05, 0) is 25.8 Å². The Morgan fingerprint density at radius 3 is 1.62 bits per heavy atom. The van der Waals surface area contributed by atoms with Crippen molar-refractivity contribution in [2.75, 3.05) is 13.1 Å². The maximum Gasteiger partial charge on any atom is 0.219 e. The first-order valence-electron chi connectivity index (χ1n) is 10.8. The molecule has 0 aliphatic heterocycles. The molecule has 144 valence electrons. The Morgan fingerprint density at radius 2 is 1.12 bits per heavy atom. The van der Waals surface area contributed by atoms with Gasteiger partial charge in [0, 0.05) is 13.0 Å². The normalized spacial score (nSPS) is 10.9. The maximum absolute atomic E-state index is 11.6. The minimum atomic E-state index is 0.228. The van der Waals surface area contributed by atoms with Gasteiger partial charge in [-0.2, -0.15) is 0 Å². The van der Waals surface area contributed by atoms with Crippen molar-refractivity contribution in [3.63, 3.8) is 0 Å². The molecule has 3 N–H and O–H groups in total. The van der Waals surface area contributed by atoms with E-state index in [1.54, 1.807) is 0 Å². The molecule has 0 saturated carbocycles. The highest BCUT2D eigenvalue weighted by atomic mass is 16.1. The molecule has 0 heterocycles. The molecule has 0 unspecified atom stereocenters. The summed E-state index contributed by atoms with van der Waals surface area (Å²) in [5.41, 5.74) is 5.44. The molecule has 0 atom stereocenters. The van der Waals surface area contributed by atoms with Crippen molar-refractivity contribution in [2.45, 2.75) is 116 Å². The van der Waals surface area contributed by atoms with Crippen LogP contribution in [-0.4, -0.2) is 19.0 Å². The first-order valence-corrected chi connectivity index (χ1v) is 10.8. The highest BCUT2D eigenvalue weighted by Gasteiger charge is 2.00. The predicted octanol–water partition coefficient (Wildman–Crippen LogP) is 5.71. The van der Waals surface area contributed by atoms with E-state index in [2.05, 4.69) is 12.2 Å². The molecule has 0 rings (SSSR count). The average Bonchev–Trinajstić information content (AvgIpc) is 2.59. The fourth-order valence-corrected chi connectivity index (χ4v) is 3.07. The molecule has 3 heteroatoms. The zero-order valence-corrected chi connectivity index (χ0v) is 16.4. The van der Waals surface area contributed by atoms with Crippen LogP contribution in [0.25, 0.3) is 0 Å². The van der Waals surface area contributed by atoms with Crippen LogP contribution in [0.3, 0.4) is 0 Å². The Bertz CT molecular complexity index is 256. The Morgan fingerprint density at radius 1 is 0.667 bits per heavy atom. The summed E-state index contributed by atoms with van der Waals surface area (Å²) in [5.74, 6) is 0.228. The third-order valence-electron chi connectivity index (χ3n) is 4.71. The molecular weight excluding hydrogens is 296 g/mol. The number of rotatable bonds is 19. The fraction of sp³-hybridized carbons (Fsp3) is 0.952. The zero-order valence-electron chi connectivity index (χ0n) is 16.4. The van der Waals surface area contributed by atoms with E-state index >= 15 is 0 Å². The average molecular weight is 341 g/mol. The third kappa shape index (κ3) is 19.5. The molecule has 0 saturated heterocycles. The van der Waals surface area contributed by atoms with Crippen molar-refractivity contribution in [2.24, 2.45) is 5.73 Å². The third-order valence-corrected chi connectivity index (χ3v) is 4.71. The number of hydrogen-bond donors (Lipinski definition) is 2. The summed E-state index contributed by atoms with van der Waals surface area (Å²) >= 11 is 0. The summed E-state index contributed by atoms with van der Waals surface area (Å²) in [4.78, 5) is 11.6. The Balaban J connectivity index is 3.10. The maximum atomic E-state index is 11.6. The highest BCUT2D eigenvalue weighted by molar-refractivity contribution is 5.75. The molecule has 1 amide bonds. The highest BCUT2D eigenvalue weighted by Crippen LogP contribution is 2.12. The second-order valence-corrected chi connectivity index (χ2v) is 7.19. The zero-order chi connectivity index (χ0) is 17.7. The van der Waals surface area contributed by atoms with E-state index in [1.165, 1.54) is 77.0 Å². The smallest absolute Gasteiger partial charge is 0.219 e. The van der Waals surface area contributed by atoms with Crippen LogP contribution in [0.15, 0.2) is 0 Å². The number of carbonyl (C=O) groups excluding carboxylic acids is 1. The SMILES string of the molecule is CCCCCCCCCCCCCCCC(=O)NCCCCCN. The summed E-state index contributed by atoms with van der Waals surface area (Å²) in [7, 11) is 0. The lowest BCUT2D eigenvalue weighted by Gasteiger charge is -2.05. The van der Waals surface area contributed by atoms with Crippen LogP contribution in [0.5, 0.6) is 0 Å². The molecule has 0 aliphatic rings. The van der Waals surface area contributed by atoms with Gasteiger partial charge < -0.3 is 11.1 Å². The van der Waals surface area contributed by atoms with Gasteiger partial charge >= 0.3 is 0 Å². The van der Waals surface area contributed by atoms with Gasteiger partial charge in [-0.1, -0.05) is 90.4 Å². The lowest BCUT2D eigenvalue weighted by Crippen LogP contribution is -2.24. The number of unbranched alkanes of at least 4 members (excludes halogenated alkanes) is 14. The summed E-state index contributed by atoms with van der Waals surface area (Å²) < 4.78 is 0. The van der Waals surface area contributed by atoms with Gasteiger partial charge in [0.2, 0.25) is 5.91 Å². The standard InChI is InChI=1S/C21H44N2O/c1-2-3-4-5-6-7-8-9-10-11-12-13-15-18-21(24)23-20-17-14-16-19-22/h2-20,22H2,1H3,(H,23,24). The van der Waals surface area contributed by atoms with Crippen LogP contribution in [0.1, 0.15) is 116 Å². The lowest BCUT2D eigenvalue weighted by molar-refractivity contribution is -0.121. The molecule has 0 bridgehead atoms. The van der Waals surface area contributed by atoms with Crippen molar-refractivity contribution >= 4 is 5.91 Å². The molecule has 0 aromatic carbocycles. The summed E-state index contributed by atoms with van der Waals surface area (Å²) in [5, 5.41) is 3.01. The monoisotopic (exact) mass is 340 g/mol. The van der Waals surface area contributed by atoms with Gasteiger partial charge in [-0.25, -0.2) is 0 Å². The second-order valence-electron chi connectivity index (χ2n) is 7.19. The van der Waals surface area contributed by atoms with Gasteiger partial charge in [-0.3, -0.25) is 4.79 Å². The molecule has 0 aromatic rings. The Labute approximate surface area is 151 Å². The number of nitrogens with one attached hydrogen (secondary N) is 1. The van der Waals surface area contributed by atoms with E-state index < -0.39 is 0 Å². The molecule has 0 spiro atoms. The molecule has 24 heavy (non-hydrogen) atoms. The van der Waals surface area contributed by atoms with Crippen LogP contribution in [0, 0.1) is 0 Å². The molecule has 0 radical (unpaired) electrons. The predicted molar refractivity (Wildman–Crippen MR) is 106 cm³/mol. The van der Waals surface area contributed by atoms with E-state index in [0.717, 1.165) is 38.8 Å². The molecule has 3 nitrogen and oxygen atoms in total. The number of amides is 1. The van der Waals surface area contributed by atoms with Crippen molar-refractivity contribution in [1.29, 1.82) is 0 Å². The molecule has 0 aromatic heterocycles. The number of nitrogens with two attached hydrogens (primary N) is 1. The van der Waals surface area contributed by atoms with E-state index in [0.29, 0.717) is 6.42 Å². The van der Waals surface area contributed by atoms with Gasteiger partial charge in [0.15, 0.2) is 0 Å². The van der Waals surface area contributed by atoms with Gasteiger partial charge in [0.1, 0.15) is 0 Å². The van der Waals surface area contributed by atoms with Crippen molar-refractivity contribution < 1.29 is 4.79 Å². The van der Waals surface area contributed by atoms with Crippen molar-refractivity contribution in [3.8, 4) is 0 Å². The van der Waals surface area contributed by atoms with Crippen LogP contribution in [0.4, 0.5) is 0 Å². The number of carbonyl (C=O) groups is 1. The van der Waals surface area contributed by atoms with Crippen LogP contribution in [-0.2, 0) is 4.79 Å². The minimum absolute atomic E-state index is 0.228. The lowest BCUT2D eigenvalue weighted by atomic mass is 10.0. The van der Waals surface area contributed by atoms with Crippen LogP contribution < -0.4 is 11.1 Å². The van der Waals surface area contributed by atoms with E-state index in [-0.39, 0.29) is 5.91 Å². The van der Waals surface area contributed by atoms with Gasteiger partial charge in [-0.15, -0.1) is 0 Å². The van der Waals surface area contributed by atoms with Crippen LogP contribution in [0.2, 0.25) is 0 Å². The first kappa shape index (κ1) is 23.4. The summed E-state index contributed by atoms with van der Waals surface area (Å²) in [6.45, 7) is 3.85. The summed E-state index contributed by atoms with van der Waals surface area (Å²) in [6.07, 6.45) is 21.5. The fourth-order valence-electron chi connectivity index (χ4n) is 3.07. The van der Waals surface area contributed by atoms with E-state index in [1.807, 2.05) is 0 Å². The van der Waals surface area contributed by atoms with Crippen molar-refractivity contribution in [3.05, 3.63) is 0 Å². The summed E-state index contributed by atoms with van der Waals surface area (Å²) in [6, 6.07) is 0. The van der Waals surface area contributed by atoms with Gasteiger partial charge in [0.05, 0.1) is 0 Å². The van der Waals surface area contributed by atoms with Crippen LogP contribution >= 0.6 is 0 Å². The molecule has 0 aliphatic carbocycles. The first-order chi connectivity index (χ1) is 11.8. The topological polar surface area (TPSA) is 55.1 Å². The quantitative estimate of drug-likeness (QED) is 0.296. The Kier molecular flexibility index (Phi) is 20.0. The van der Waals surface area contributed by atoms with Crippen molar-refractivity contribution in [1.82, 2.24) is 5.32 Å².